The zero-order chi connectivity index (χ0) is 23.7. The van der Waals surface area contributed by atoms with Crippen LogP contribution in [0.5, 0.6) is 0 Å². The molecule has 1 aliphatic rings. The van der Waals surface area contributed by atoms with Crippen molar-refractivity contribution >= 4 is 32.5 Å². The van der Waals surface area contributed by atoms with E-state index in [9.17, 15) is 22.3 Å². The fourth-order valence-electron chi connectivity index (χ4n) is 3.51. The number of hydrogen-bond acceptors (Lipinski definition) is 7. The molecule has 2 N–H and O–H groups in total. The van der Waals surface area contributed by atoms with Gasteiger partial charge in [-0.25, -0.2) is 4.31 Å². The van der Waals surface area contributed by atoms with Gasteiger partial charge in [-0.2, -0.15) is 8.42 Å². The van der Waals surface area contributed by atoms with Crippen LogP contribution in [0.3, 0.4) is 0 Å². The largest absolute Gasteiger partial charge is 0.297 e. The van der Waals surface area contributed by atoms with Crippen molar-refractivity contribution in [2.24, 2.45) is 4.99 Å². The van der Waals surface area contributed by atoms with Crippen LogP contribution in [-0.4, -0.2) is 52.1 Å². The summed E-state index contributed by atoms with van der Waals surface area (Å²) < 4.78 is 52.9. The van der Waals surface area contributed by atoms with Crippen LogP contribution in [0.4, 0.5) is 0 Å². The van der Waals surface area contributed by atoms with Crippen molar-refractivity contribution in [1.82, 2.24) is 4.31 Å². The number of nitrogens with zero attached hydrogens (tertiary/aromatic N) is 2. The van der Waals surface area contributed by atoms with Crippen LogP contribution >= 0.6 is 10.8 Å². The minimum atomic E-state index is -3.97. The number of aryl methyl sites for hydroxylation is 1. The van der Waals surface area contributed by atoms with E-state index in [2.05, 4.69) is 4.99 Å². The predicted molar refractivity (Wildman–Crippen MR) is 125 cm³/mol. The van der Waals surface area contributed by atoms with E-state index in [1.807, 2.05) is 6.92 Å². The lowest BCUT2D eigenvalue weighted by molar-refractivity contribution is -0.122. The highest BCUT2D eigenvalue weighted by Gasteiger charge is 2.54. The van der Waals surface area contributed by atoms with Crippen molar-refractivity contribution in [3.8, 4) is 0 Å². The first-order valence-electron chi connectivity index (χ1n) is 10.0. The fourth-order valence-corrected chi connectivity index (χ4v) is 6.76. The summed E-state index contributed by atoms with van der Waals surface area (Å²) in [5.41, 5.74) is 0.581. The summed E-state index contributed by atoms with van der Waals surface area (Å²) in [6.07, 6.45) is 0. The highest BCUT2D eigenvalue weighted by molar-refractivity contribution is 8.24. The van der Waals surface area contributed by atoms with Gasteiger partial charge in [0, 0.05) is 0 Å². The molecule has 1 amide bonds. The van der Waals surface area contributed by atoms with Crippen molar-refractivity contribution in [3.05, 3.63) is 65.7 Å². The van der Waals surface area contributed by atoms with Crippen molar-refractivity contribution < 1.29 is 26.5 Å². The summed E-state index contributed by atoms with van der Waals surface area (Å²) in [6.45, 7) is 6.55. The smallest absolute Gasteiger partial charge is 0.281 e. The maximum absolute atomic E-state index is 13.1. The van der Waals surface area contributed by atoms with E-state index < -0.39 is 37.6 Å². The molecule has 1 heterocycles. The average Bonchev–Trinajstić information content (AvgIpc) is 2.90. The standard InChI is InChI=1S/C22H28N2O6S2/c1-16-10-12-18(13-11-16)32(28,29)30-15-14-23-19-20(17-8-6-5-7-9-17)31(26,27)24(21(19)25)22(2,3)4/h5-13,20,26-27H,14-15H2,1-4H3. The Morgan fingerprint density at radius 3 is 2.22 bits per heavy atom. The highest BCUT2D eigenvalue weighted by atomic mass is 32.3. The van der Waals surface area contributed by atoms with Crippen LogP contribution in [0.1, 0.15) is 37.1 Å². The van der Waals surface area contributed by atoms with E-state index in [4.69, 9.17) is 4.18 Å². The molecule has 32 heavy (non-hydrogen) atoms. The molecular formula is C22H28N2O6S2. The summed E-state index contributed by atoms with van der Waals surface area (Å²) in [4.78, 5) is 17.4. The van der Waals surface area contributed by atoms with Crippen LogP contribution in [0.25, 0.3) is 0 Å². The normalized spacial score (nSPS) is 21.2. The zero-order valence-electron chi connectivity index (χ0n) is 18.4. The molecule has 0 saturated carbocycles. The van der Waals surface area contributed by atoms with Crippen molar-refractivity contribution in [2.75, 3.05) is 13.2 Å². The zero-order valence-corrected chi connectivity index (χ0v) is 20.1. The first kappa shape index (κ1) is 24.4. The molecule has 174 valence electrons. The number of hydrogen-bond donors (Lipinski definition) is 2. The summed E-state index contributed by atoms with van der Waals surface area (Å²) in [6, 6.07) is 14.9. The Labute approximate surface area is 190 Å². The quantitative estimate of drug-likeness (QED) is 0.473. The van der Waals surface area contributed by atoms with Gasteiger partial charge in [0.05, 0.1) is 23.6 Å². The van der Waals surface area contributed by atoms with Crippen molar-refractivity contribution in [3.63, 3.8) is 0 Å². The van der Waals surface area contributed by atoms with Gasteiger partial charge < -0.3 is 0 Å². The lowest BCUT2D eigenvalue weighted by atomic mass is 10.1. The summed E-state index contributed by atoms with van der Waals surface area (Å²) in [5, 5.41) is -1.04. The Morgan fingerprint density at radius 1 is 1.06 bits per heavy atom. The number of carbonyl (C=O) groups excluding carboxylic acids is 1. The fraction of sp³-hybridized carbons (Fsp3) is 0.364. The summed E-state index contributed by atoms with van der Waals surface area (Å²) in [7, 11) is -7.52. The Bertz CT molecular complexity index is 1110. The SMILES string of the molecule is Cc1ccc(S(=O)(=O)OCCN=C2C(=O)N(C(C)(C)C)S(O)(O)C2c2ccccc2)cc1. The van der Waals surface area contributed by atoms with Gasteiger partial charge in [0.15, 0.2) is 0 Å². The van der Waals surface area contributed by atoms with E-state index in [0.717, 1.165) is 9.87 Å². The minimum Gasteiger partial charge on any atom is -0.281 e. The molecule has 8 nitrogen and oxygen atoms in total. The second-order valence-corrected chi connectivity index (χ2v) is 12.1. The van der Waals surface area contributed by atoms with Gasteiger partial charge in [0.25, 0.3) is 16.0 Å². The Morgan fingerprint density at radius 2 is 1.66 bits per heavy atom. The summed E-state index contributed by atoms with van der Waals surface area (Å²) in [5.74, 6) is -0.590. The number of benzene rings is 2. The van der Waals surface area contributed by atoms with Crippen LogP contribution in [-0.2, 0) is 19.1 Å². The first-order chi connectivity index (χ1) is 14.9. The maximum atomic E-state index is 13.1. The maximum Gasteiger partial charge on any atom is 0.297 e. The molecule has 1 fully saturated rings. The molecule has 2 aromatic carbocycles. The van der Waals surface area contributed by atoms with Crippen molar-refractivity contribution in [1.29, 1.82) is 0 Å². The molecule has 0 bridgehead atoms. The lowest BCUT2D eigenvalue weighted by Gasteiger charge is -2.46. The van der Waals surface area contributed by atoms with Gasteiger partial charge in [0.2, 0.25) is 0 Å². The molecule has 1 saturated heterocycles. The molecule has 0 aliphatic carbocycles. The van der Waals surface area contributed by atoms with Crippen LogP contribution in [0.2, 0.25) is 0 Å². The van der Waals surface area contributed by atoms with E-state index in [1.54, 1.807) is 63.2 Å². The Kier molecular flexibility index (Phi) is 6.83. The number of aliphatic imine (C=N–C) groups is 1. The van der Waals surface area contributed by atoms with E-state index in [0.29, 0.717) is 5.56 Å². The number of rotatable bonds is 6. The third-order valence-electron chi connectivity index (χ3n) is 4.87. The molecule has 0 aromatic heterocycles. The third kappa shape index (κ3) is 4.89. The van der Waals surface area contributed by atoms with Gasteiger partial charge in [0.1, 0.15) is 11.0 Å². The Balaban J connectivity index is 1.85. The van der Waals surface area contributed by atoms with Crippen molar-refractivity contribution in [2.45, 2.75) is 43.4 Å². The van der Waals surface area contributed by atoms with Gasteiger partial charge in [-0.3, -0.25) is 23.1 Å². The molecule has 1 atom stereocenters. The van der Waals surface area contributed by atoms with Gasteiger partial charge >= 0.3 is 0 Å². The van der Waals surface area contributed by atoms with Gasteiger partial charge in [-0.1, -0.05) is 48.0 Å². The minimum absolute atomic E-state index is 0.0255. The molecule has 0 radical (unpaired) electrons. The molecule has 3 rings (SSSR count). The number of carbonyl (C=O) groups is 1. The average molecular weight is 481 g/mol. The van der Waals surface area contributed by atoms with E-state index in [1.165, 1.54) is 12.1 Å². The molecule has 0 spiro atoms. The highest BCUT2D eigenvalue weighted by Crippen LogP contribution is 2.64. The topological polar surface area (TPSA) is 117 Å². The molecule has 1 aliphatic heterocycles. The van der Waals surface area contributed by atoms with Gasteiger partial charge in [-0.05, 0) is 45.4 Å². The van der Waals surface area contributed by atoms with Crippen LogP contribution in [0.15, 0.2) is 64.5 Å². The number of amides is 1. The second kappa shape index (κ2) is 8.95. The predicted octanol–water partition coefficient (Wildman–Crippen LogP) is 4.19. The van der Waals surface area contributed by atoms with E-state index >= 15 is 0 Å². The monoisotopic (exact) mass is 480 g/mol. The van der Waals surface area contributed by atoms with Gasteiger partial charge in [-0.15, -0.1) is 10.8 Å². The van der Waals surface area contributed by atoms with Crippen LogP contribution in [0, 0.1) is 6.92 Å². The van der Waals surface area contributed by atoms with E-state index in [-0.39, 0.29) is 23.8 Å². The second-order valence-electron chi connectivity index (χ2n) is 8.48. The summed E-state index contributed by atoms with van der Waals surface area (Å²) >= 11 is 0. The Hall–Kier alpha value is -2.24. The molecular weight excluding hydrogens is 452 g/mol. The third-order valence-corrected chi connectivity index (χ3v) is 8.58. The molecule has 2 aromatic rings. The molecule has 10 heteroatoms. The van der Waals surface area contributed by atoms with Crippen LogP contribution < -0.4 is 0 Å². The first-order valence-corrected chi connectivity index (χ1v) is 13.0. The lowest BCUT2D eigenvalue weighted by Crippen LogP contribution is -2.43. The molecule has 1 unspecified atom stereocenters.